The van der Waals surface area contributed by atoms with E-state index in [9.17, 15) is 10.1 Å². The minimum absolute atomic E-state index is 0.0927. The highest BCUT2D eigenvalue weighted by atomic mass is 16.1. The third-order valence-corrected chi connectivity index (χ3v) is 11.9. The van der Waals surface area contributed by atoms with Crippen molar-refractivity contribution in [1.82, 2.24) is 0 Å². The Bertz CT molecular complexity index is 752. The van der Waals surface area contributed by atoms with Crippen LogP contribution in [0.2, 0.25) is 0 Å². The van der Waals surface area contributed by atoms with Crippen molar-refractivity contribution in [3.8, 4) is 6.07 Å². The number of rotatable bonds is 6. The molecule has 0 radical (unpaired) electrons. The largest absolute Gasteiger partial charge is 0.303 e. The Hall–Kier alpha value is -0.840. The molecule has 180 valence electrons. The van der Waals surface area contributed by atoms with Crippen molar-refractivity contribution < 1.29 is 4.79 Å². The number of fused-ring (bicyclic) bond motifs is 5. The van der Waals surface area contributed by atoms with Crippen LogP contribution in [-0.2, 0) is 4.79 Å². The molecule has 0 aromatic heterocycles. The van der Waals surface area contributed by atoms with Gasteiger partial charge in [-0.25, -0.2) is 0 Å². The molecule has 4 saturated carbocycles. The topological polar surface area (TPSA) is 40.9 Å². The SMILES string of the molecule is CC(C)CCC[C@@H](C)[C@H]1CC[C@H]2[C@@H]3CC[C@@]4(C#N)C[C@@](C)(C=O)CC[C@]4(C)[C@H]3CC[C@]12C. The summed E-state index contributed by atoms with van der Waals surface area (Å²) in [6.45, 7) is 14.5. The number of nitriles is 1. The van der Waals surface area contributed by atoms with Crippen LogP contribution in [0.3, 0.4) is 0 Å². The number of hydrogen-bond donors (Lipinski definition) is 0. The lowest BCUT2D eigenvalue weighted by molar-refractivity contribution is -0.161. The molecule has 0 bridgehead atoms. The molecule has 0 aliphatic heterocycles. The van der Waals surface area contributed by atoms with Crippen molar-refractivity contribution >= 4 is 6.29 Å². The zero-order chi connectivity index (χ0) is 23.4. The van der Waals surface area contributed by atoms with E-state index in [-0.39, 0.29) is 16.2 Å². The first-order chi connectivity index (χ1) is 15.0. The van der Waals surface area contributed by atoms with Crippen LogP contribution in [0.15, 0.2) is 0 Å². The normalized spacial score (nSPS) is 48.9. The van der Waals surface area contributed by atoms with Crippen LogP contribution in [-0.4, -0.2) is 6.29 Å². The number of nitrogens with zero attached hydrogens (tertiary/aromatic N) is 1. The first-order valence-corrected chi connectivity index (χ1v) is 13.9. The van der Waals surface area contributed by atoms with Gasteiger partial charge in [0.05, 0.1) is 11.5 Å². The maximum atomic E-state index is 11.9. The van der Waals surface area contributed by atoms with Gasteiger partial charge >= 0.3 is 0 Å². The van der Waals surface area contributed by atoms with Crippen LogP contribution in [0.4, 0.5) is 0 Å². The number of carbonyl (C=O) groups excluding carboxylic acids is 1. The van der Waals surface area contributed by atoms with Crippen molar-refractivity contribution in [1.29, 1.82) is 5.26 Å². The fourth-order valence-electron chi connectivity index (χ4n) is 9.92. The van der Waals surface area contributed by atoms with E-state index in [0.29, 0.717) is 11.3 Å². The molecular weight excluding hydrogens is 390 g/mol. The fourth-order valence-corrected chi connectivity index (χ4v) is 9.92. The quantitative estimate of drug-likeness (QED) is 0.391. The Morgan fingerprint density at radius 3 is 2.34 bits per heavy atom. The summed E-state index contributed by atoms with van der Waals surface area (Å²) in [5.41, 5.74) is 0.00989. The van der Waals surface area contributed by atoms with Crippen LogP contribution in [0.1, 0.15) is 119 Å². The molecule has 0 amide bonds. The summed E-state index contributed by atoms with van der Waals surface area (Å²) >= 11 is 0. The summed E-state index contributed by atoms with van der Waals surface area (Å²) in [5.74, 6) is 4.89. The maximum absolute atomic E-state index is 11.9. The molecular formula is C30H49NO. The Morgan fingerprint density at radius 2 is 1.69 bits per heavy atom. The van der Waals surface area contributed by atoms with Gasteiger partial charge in [0.25, 0.3) is 0 Å². The zero-order valence-corrected chi connectivity index (χ0v) is 21.9. The van der Waals surface area contributed by atoms with Crippen LogP contribution in [0.25, 0.3) is 0 Å². The summed E-state index contributed by atoms with van der Waals surface area (Å²) in [7, 11) is 0. The van der Waals surface area contributed by atoms with E-state index >= 15 is 0 Å². The van der Waals surface area contributed by atoms with E-state index in [1.54, 1.807) is 0 Å². The fraction of sp³-hybridized carbons (Fsp3) is 0.933. The van der Waals surface area contributed by atoms with Crippen LogP contribution < -0.4 is 0 Å². The zero-order valence-electron chi connectivity index (χ0n) is 21.9. The highest BCUT2D eigenvalue weighted by Gasteiger charge is 2.66. The maximum Gasteiger partial charge on any atom is 0.125 e. The van der Waals surface area contributed by atoms with Crippen molar-refractivity contribution in [2.24, 2.45) is 57.2 Å². The lowest BCUT2D eigenvalue weighted by Gasteiger charge is -2.65. The highest BCUT2D eigenvalue weighted by molar-refractivity contribution is 5.59. The summed E-state index contributed by atoms with van der Waals surface area (Å²) in [6, 6.07) is 2.85. The molecule has 0 N–H and O–H groups in total. The highest BCUT2D eigenvalue weighted by Crippen LogP contribution is 2.72. The molecule has 4 aliphatic rings. The predicted molar refractivity (Wildman–Crippen MR) is 132 cm³/mol. The van der Waals surface area contributed by atoms with Gasteiger partial charge < -0.3 is 4.79 Å². The van der Waals surface area contributed by atoms with Gasteiger partial charge in [-0.3, -0.25) is 0 Å². The average molecular weight is 440 g/mol. The molecule has 2 nitrogen and oxygen atoms in total. The molecule has 4 aliphatic carbocycles. The van der Waals surface area contributed by atoms with Gasteiger partial charge in [-0.2, -0.15) is 5.26 Å². The first kappa shape index (κ1) is 24.3. The second-order valence-corrected chi connectivity index (χ2v) is 14.0. The molecule has 32 heavy (non-hydrogen) atoms. The molecule has 0 heterocycles. The lowest BCUT2D eigenvalue weighted by Crippen LogP contribution is -2.59. The van der Waals surface area contributed by atoms with E-state index in [4.69, 9.17) is 0 Å². The summed E-state index contributed by atoms with van der Waals surface area (Å²) in [5, 5.41) is 10.5. The van der Waals surface area contributed by atoms with E-state index in [1.807, 2.05) is 0 Å². The predicted octanol–water partition coefficient (Wildman–Crippen LogP) is 8.21. The molecule has 0 spiro atoms. The average Bonchev–Trinajstić information content (AvgIpc) is 3.11. The van der Waals surface area contributed by atoms with E-state index in [1.165, 1.54) is 51.4 Å². The molecule has 2 heteroatoms. The lowest BCUT2D eigenvalue weighted by atomic mass is 9.38. The molecule has 0 aromatic rings. The molecule has 9 atom stereocenters. The summed E-state index contributed by atoms with van der Waals surface area (Å²) < 4.78 is 0. The monoisotopic (exact) mass is 439 g/mol. The number of hydrogen-bond acceptors (Lipinski definition) is 2. The number of aldehydes is 1. The summed E-state index contributed by atoms with van der Waals surface area (Å²) in [4.78, 5) is 11.9. The van der Waals surface area contributed by atoms with Gasteiger partial charge in [-0.1, -0.05) is 60.8 Å². The second kappa shape index (κ2) is 8.43. The van der Waals surface area contributed by atoms with Crippen molar-refractivity contribution in [2.45, 2.75) is 119 Å². The molecule has 0 saturated heterocycles. The van der Waals surface area contributed by atoms with Gasteiger partial charge in [0.15, 0.2) is 0 Å². The van der Waals surface area contributed by atoms with Gasteiger partial charge in [0.2, 0.25) is 0 Å². The molecule has 4 fully saturated rings. The Kier molecular flexibility index (Phi) is 6.40. The second-order valence-electron chi connectivity index (χ2n) is 14.0. The first-order valence-electron chi connectivity index (χ1n) is 13.9. The minimum Gasteiger partial charge on any atom is -0.303 e. The van der Waals surface area contributed by atoms with Gasteiger partial charge in [-0.15, -0.1) is 0 Å². The van der Waals surface area contributed by atoms with Gasteiger partial charge in [0, 0.05) is 5.41 Å². The van der Waals surface area contributed by atoms with Crippen LogP contribution in [0.5, 0.6) is 0 Å². The van der Waals surface area contributed by atoms with Gasteiger partial charge in [-0.05, 0) is 104 Å². The number of carbonyl (C=O) groups is 1. The smallest absolute Gasteiger partial charge is 0.125 e. The van der Waals surface area contributed by atoms with E-state index in [2.05, 4.69) is 47.6 Å². The van der Waals surface area contributed by atoms with E-state index < -0.39 is 0 Å². The Morgan fingerprint density at radius 1 is 0.938 bits per heavy atom. The van der Waals surface area contributed by atoms with Crippen LogP contribution >= 0.6 is 0 Å². The molecule has 0 unspecified atom stereocenters. The third kappa shape index (κ3) is 3.60. The Labute approximate surface area is 198 Å². The van der Waals surface area contributed by atoms with Gasteiger partial charge in [0.1, 0.15) is 6.29 Å². The standard InChI is InChI=1S/C30H49NO/c1-21(2)8-7-9-22(3)24-10-11-25-23-12-15-30(19-31)18-27(4,20-32)16-17-29(30,6)26(23)13-14-28(24,25)5/h20-26H,7-18H2,1-6H3/t22-,23+,24-,25+,26+,27+,28-,29-,30+/m1/s1. The summed E-state index contributed by atoms with van der Waals surface area (Å²) in [6.07, 6.45) is 15.9. The van der Waals surface area contributed by atoms with E-state index in [0.717, 1.165) is 61.6 Å². The molecule has 4 rings (SSSR count). The third-order valence-electron chi connectivity index (χ3n) is 11.9. The van der Waals surface area contributed by atoms with Crippen molar-refractivity contribution in [3.63, 3.8) is 0 Å². The Balaban J connectivity index is 1.54. The minimum atomic E-state index is -0.296. The van der Waals surface area contributed by atoms with Crippen LogP contribution in [0, 0.1) is 68.5 Å². The van der Waals surface area contributed by atoms with Crippen molar-refractivity contribution in [3.05, 3.63) is 0 Å². The molecule has 0 aromatic carbocycles. The van der Waals surface area contributed by atoms with Crippen molar-refractivity contribution in [2.75, 3.05) is 0 Å².